The molecule has 3 N–H and O–H groups in total. The quantitative estimate of drug-likeness (QED) is 0.517. The molecule has 1 atom stereocenters. The summed E-state index contributed by atoms with van der Waals surface area (Å²) >= 11 is 0. The molecule has 0 radical (unpaired) electrons. The van der Waals surface area contributed by atoms with Crippen molar-refractivity contribution in [1.82, 2.24) is 5.43 Å². The molecule has 0 bridgehead atoms. The average Bonchev–Trinajstić information content (AvgIpc) is 2.38. The molecule has 0 spiro atoms. The third-order valence-electron chi connectivity index (χ3n) is 2.96. The first-order chi connectivity index (χ1) is 9.82. The first kappa shape index (κ1) is 15.4. The summed E-state index contributed by atoms with van der Waals surface area (Å²) in [6.07, 6.45) is -4.60. The lowest BCUT2D eigenvalue weighted by Crippen LogP contribution is -2.30. The smallest absolute Gasteiger partial charge is 0.271 e. The van der Waals surface area contributed by atoms with Crippen LogP contribution in [0.3, 0.4) is 0 Å². The lowest BCUT2D eigenvalue weighted by Gasteiger charge is -2.21. The molecule has 0 aromatic heterocycles. The van der Waals surface area contributed by atoms with Crippen molar-refractivity contribution in [3.05, 3.63) is 70.8 Å². The Bertz CT molecular complexity index is 619. The maximum atomic E-state index is 13.2. The monoisotopic (exact) mass is 302 g/mol. The van der Waals surface area contributed by atoms with Crippen molar-refractivity contribution in [3.63, 3.8) is 0 Å². The topological polar surface area (TPSA) is 38.0 Å². The molecule has 0 saturated heterocycles. The van der Waals surface area contributed by atoms with Crippen molar-refractivity contribution in [2.45, 2.75) is 12.2 Å². The molecule has 21 heavy (non-hydrogen) atoms. The molecule has 2 rings (SSSR count). The fourth-order valence-electron chi connectivity index (χ4n) is 2.11. The van der Waals surface area contributed by atoms with Crippen molar-refractivity contribution >= 4 is 0 Å². The number of nitrogens with one attached hydrogen (secondary N) is 1. The molecular formula is C14H11F5N2. The van der Waals surface area contributed by atoms with Gasteiger partial charge in [-0.05, 0) is 29.3 Å². The largest absolute Gasteiger partial charge is 0.416 e. The SMILES string of the molecule is NNC(c1cc(F)cc(F)c1)c1ccccc1C(F)(F)F. The highest BCUT2D eigenvalue weighted by Gasteiger charge is 2.35. The molecule has 0 aliphatic rings. The Kier molecular flexibility index (Phi) is 4.24. The Labute approximate surface area is 117 Å². The minimum Gasteiger partial charge on any atom is -0.271 e. The van der Waals surface area contributed by atoms with Crippen LogP contribution in [-0.2, 0) is 6.18 Å². The van der Waals surface area contributed by atoms with Crippen LogP contribution in [0.5, 0.6) is 0 Å². The molecule has 2 nitrogen and oxygen atoms in total. The van der Waals surface area contributed by atoms with Gasteiger partial charge in [-0.1, -0.05) is 18.2 Å². The first-order valence-electron chi connectivity index (χ1n) is 5.91. The molecule has 0 amide bonds. The average molecular weight is 302 g/mol. The van der Waals surface area contributed by atoms with E-state index in [9.17, 15) is 22.0 Å². The highest BCUT2D eigenvalue weighted by molar-refractivity contribution is 5.39. The molecule has 0 fully saturated rings. The second-order valence-electron chi connectivity index (χ2n) is 4.39. The van der Waals surface area contributed by atoms with E-state index in [-0.39, 0.29) is 11.1 Å². The number of rotatable bonds is 3. The minimum absolute atomic E-state index is 0.0355. The van der Waals surface area contributed by atoms with Gasteiger partial charge < -0.3 is 0 Å². The molecule has 0 aliphatic heterocycles. The summed E-state index contributed by atoms with van der Waals surface area (Å²) in [5.74, 6) is 3.50. The Hall–Kier alpha value is -1.99. The normalized spacial score (nSPS) is 13.2. The van der Waals surface area contributed by atoms with Crippen molar-refractivity contribution in [2.24, 2.45) is 5.84 Å². The second-order valence-corrected chi connectivity index (χ2v) is 4.39. The maximum Gasteiger partial charge on any atom is 0.416 e. The maximum absolute atomic E-state index is 13.2. The molecule has 0 heterocycles. The molecular weight excluding hydrogens is 291 g/mol. The molecule has 2 aromatic rings. The van der Waals surface area contributed by atoms with Gasteiger partial charge in [0.1, 0.15) is 11.6 Å². The van der Waals surface area contributed by atoms with Gasteiger partial charge in [0, 0.05) is 6.07 Å². The van der Waals surface area contributed by atoms with Gasteiger partial charge in [0.25, 0.3) is 0 Å². The lowest BCUT2D eigenvalue weighted by atomic mass is 9.94. The minimum atomic E-state index is -4.60. The van der Waals surface area contributed by atoms with E-state index in [2.05, 4.69) is 5.43 Å². The number of hydrogen-bond donors (Lipinski definition) is 2. The van der Waals surface area contributed by atoms with Crippen LogP contribution in [0.25, 0.3) is 0 Å². The third kappa shape index (κ3) is 3.37. The zero-order valence-electron chi connectivity index (χ0n) is 10.6. The fourth-order valence-corrected chi connectivity index (χ4v) is 2.11. The van der Waals surface area contributed by atoms with Gasteiger partial charge in [0.2, 0.25) is 0 Å². The van der Waals surface area contributed by atoms with Crippen molar-refractivity contribution in [1.29, 1.82) is 0 Å². The van der Waals surface area contributed by atoms with E-state index < -0.39 is 29.4 Å². The number of hydrogen-bond acceptors (Lipinski definition) is 2. The predicted octanol–water partition coefficient (Wildman–Crippen LogP) is 3.54. The Morgan fingerprint density at radius 2 is 1.52 bits per heavy atom. The Morgan fingerprint density at radius 3 is 2.05 bits per heavy atom. The third-order valence-corrected chi connectivity index (χ3v) is 2.96. The fraction of sp³-hybridized carbons (Fsp3) is 0.143. The standard InChI is InChI=1S/C14H11F5N2/c15-9-5-8(6-10(16)7-9)13(21-20)11-3-1-2-4-12(11)14(17,18)19/h1-7,13,21H,20H2. The Balaban J connectivity index is 2.57. The summed E-state index contributed by atoms with van der Waals surface area (Å²) in [7, 11) is 0. The van der Waals surface area contributed by atoms with E-state index in [0.717, 1.165) is 18.2 Å². The lowest BCUT2D eigenvalue weighted by molar-refractivity contribution is -0.138. The number of alkyl halides is 3. The van der Waals surface area contributed by atoms with Crippen LogP contribution in [-0.4, -0.2) is 0 Å². The van der Waals surface area contributed by atoms with Gasteiger partial charge in [0.05, 0.1) is 11.6 Å². The summed E-state index contributed by atoms with van der Waals surface area (Å²) < 4.78 is 65.5. The van der Waals surface area contributed by atoms with Gasteiger partial charge in [-0.2, -0.15) is 13.2 Å². The van der Waals surface area contributed by atoms with Crippen LogP contribution in [0.1, 0.15) is 22.7 Å². The summed E-state index contributed by atoms with van der Waals surface area (Å²) in [5, 5.41) is 0. The second kappa shape index (κ2) is 5.79. The van der Waals surface area contributed by atoms with E-state index in [4.69, 9.17) is 5.84 Å². The first-order valence-corrected chi connectivity index (χ1v) is 5.91. The molecule has 2 aromatic carbocycles. The van der Waals surface area contributed by atoms with Gasteiger partial charge in [-0.15, -0.1) is 0 Å². The van der Waals surface area contributed by atoms with Crippen LogP contribution in [0, 0.1) is 11.6 Å². The van der Waals surface area contributed by atoms with Gasteiger partial charge in [-0.3, -0.25) is 5.84 Å². The van der Waals surface area contributed by atoms with E-state index >= 15 is 0 Å². The zero-order chi connectivity index (χ0) is 15.6. The summed E-state index contributed by atoms with van der Waals surface area (Å²) in [6, 6.07) is 6.02. The van der Waals surface area contributed by atoms with E-state index in [1.54, 1.807) is 0 Å². The summed E-state index contributed by atoms with van der Waals surface area (Å²) in [5.41, 5.74) is 1.00. The predicted molar refractivity (Wildman–Crippen MR) is 67.0 cm³/mol. The highest BCUT2D eigenvalue weighted by atomic mass is 19.4. The molecule has 0 saturated carbocycles. The number of hydrazine groups is 1. The van der Waals surface area contributed by atoms with Crippen molar-refractivity contribution in [3.8, 4) is 0 Å². The van der Waals surface area contributed by atoms with E-state index in [1.165, 1.54) is 18.2 Å². The van der Waals surface area contributed by atoms with E-state index in [1.807, 2.05) is 0 Å². The molecule has 0 aliphatic carbocycles. The molecule has 112 valence electrons. The van der Waals surface area contributed by atoms with Crippen molar-refractivity contribution < 1.29 is 22.0 Å². The summed E-state index contributed by atoms with van der Waals surface area (Å²) in [4.78, 5) is 0. The molecule has 1 unspecified atom stereocenters. The Morgan fingerprint density at radius 1 is 0.952 bits per heavy atom. The van der Waals surface area contributed by atoms with Gasteiger partial charge >= 0.3 is 6.18 Å². The zero-order valence-corrected chi connectivity index (χ0v) is 10.6. The number of nitrogens with two attached hydrogens (primary N) is 1. The van der Waals surface area contributed by atoms with Crippen LogP contribution in [0.15, 0.2) is 42.5 Å². The summed E-state index contributed by atoms with van der Waals surface area (Å²) in [6.45, 7) is 0. The van der Waals surface area contributed by atoms with Crippen molar-refractivity contribution in [2.75, 3.05) is 0 Å². The number of halogens is 5. The van der Waals surface area contributed by atoms with Crippen LogP contribution in [0.4, 0.5) is 22.0 Å². The van der Waals surface area contributed by atoms with Gasteiger partial charge in [0.15, 0.2) is 0 Å². The van der Waals surface area contributed by atoms with Crippen LogP contribution < -0.4 is 11.3 Å². The number of benzene rings is 2. The van der Waals surface area contributed by atoms with E-state index in [0.29, 0.717) is 6.07 Å². The molecule has 7 heteroatoms. The van der Waals surface area contributed by atoms with Crippen LogP contribution in [0.2, 0.25) is 0 Å². The van der Waals surface area contributed by atoms with Gasteiger partial charge in [-0.25, -0.2) is 14.2 Å². The highest BCUT2D eigenvalue weighted by Crippen LogP contribution is 2.36. The van der Waals surface area contributed by atoms with Crippen LogP contribution >= 0.6 is 0 Å².